The van der Waals surface area contributed by atoms with Gasteiger partial charge in [-0.05, 0) is 78.6 Å². The van der Waals surface area contributed by atoms with E-state index in [4.69, 9.17) is 0 Å². The smallest absolute Gasteiger partial charge is 0.351 e. The SMILES string of the molecule is CC(C)(C)NC(=O)[C]1[CH][CH][CH][CH]1.[CH]1[CH][CH][CH][CH]1.[Fe+2]. The summed E-state index contributed by atoms with van der Waals surface area (Å²) in [5.41, 5.74) is -0.158. The van der Waals surface area contributed by atoms with Crippen molar-refractivity contribution in [2.45, 2.75) is 26.3 Å². The molecule has 1 N–H and O–H groups in total. The molecule has 0 aromatic heterocycles. The van der Waals surface area contributed by atoms with Gasteiger partial charge >= 0.3 is 17.1 Å². The molecular formula is C15H19FeNO+2. The van der Waals surface area contributed by atoms with Gasteiger partial charge in [0.15, 0.2) is 0 Å². The molecule has 96 valence electrons. The Kier molecular flexibility index (Phi) is 8.98. The van der Waals surface area contributed by atoms with Crippen molar-refractivity contribution in [3.8, 4) is 0 Å². The van der Waals surface area contributed by atoms with Gasteiger partial charge in [0.05, 0.1) is 5.92 Å². The normalized spacial score (nSPS) is 19.7. The summed E-state index contributed by atoms with van der Waals surface area (Å²) in [6.07, 6.45) is 17.3. The van der Waals surface area contributed by atoms with Crippen LogP contribution < -0.4 is 5.32 Å². The Morgan fingerprint density at radius 1 is 0.889 bits per heavy atom. The number of carbonyl (C=O) groups excluding carboxylic acids is 1. The topological polar surface area (TPSA) is 29.1 Å². The van der Waals surface area contributed by atoms with Crippen LogP contribution in [0.1, 0.15) is 20.8 Å². The second-order valence-electron chi connectivity index (χ2n) is 4.84. The van der Waals surface area contributed by atoms with Crippen LogP contribution in [0, 0.1) is 63.7 Å². The fourth-order valence-corrected chi connectivity index (χ4v) is 1.26. The van der Waals surface area contributed by atoms with Gasteiger partial charge in [0.1, 0.15) is 0 Å². The maximum Gasteiger partial charge on any atom is 2.00 e. The zero-order valence-corrected chi connectivity index (χ0v) is 12.1. The van der Waals surface area contributed by atoms with Crippen LogP contribution in [0.2, 0.25) is 0 Å². The monoisotopic (exact) mass is 285 g/mol. The fourth-order valence-electron chi connectivity index (χ4n) is 1.26. The first-order chi connectivity index (χ1) is 7.99. The Bertz CT molecular complexity index is 218. The molecule has 2 aliphatic carbocycles. The molecule has 0 aromatic rings. The number of carbonyl (C=O) groups is 1. The number of rotatable bonds is 1. The van der Waals surface area contributed by atoms with Crippen LogP contribution >= 0.6 is 0 Å². The molecule has 2 fully saturated rings. The van der Waals surface area contributed by atoms with E-state index in [1.165, 1.54) is 0 Å². The number of hydrogen-bond donors (Lipinski definition) is 1. The van der Waals surface area contributed by atoms with E-state index in [2.05, 4.69) is 5.32 Å². The second-order valence-corrected chi connectivity index (χ2v) is 4.84. The van der Waals surface area contributed by atoms with E-state index in [9.17, 15) is 4.79 Å². The Balaban J connectivity index is 0.000000405. The maximum absolute atomic E-state index is 11.4. The fraction of sp³-hybridized carbons (Fsp3) is 0.267. The van der Waals surface area contributed by atoms with Gasteiger partial charge in [-0.3, -0.25) is 4.79 Å². The summed E-state index contributed by atoms with van der Waals surface area (Å²) in [6, 6.07) is 0. The quantitative estimate of drug-likeness (QED) is 0.736. The third-order valence-corrected chi connectivity index (χ3v) is 1.97. The molecule has 2 aliphatic rings. The standard InChI is InChI=1S/C10H14NO.C5H5.Fe/c1-10(2,3)11-9(12)8-6-4-5-7-8;1-2-4-5-3-1;/h4-7H,1-3H3,(H,11,12);1-5H;/q;;+2. The predicted octanol–water partition coefficient (Wildman–Crippen LogP) is 2.33. The number of amides is 1. The van der Waals surface area contributed by atoms with E-state index in [1.807, 2.05) is 65.7 Å². The van der Waals surface area contributed by atoms with Crippen molar-refractivity contribution < 1.29 is 21.9 Å². The van der Waals surface area contributed by atoms with Gasteiger partial charge in [-0.2, -0.15) is 0 Å². The van der Waals surface area contributed by atoms with Crippen molar-refractivity contribution in [3.63, 3.8) is 0 Å². The van der Waals surface area contributed by atoms with Crippen LogP contribution in [-0.4, -0.2) is 11.4 Å². The largest absolute Gasteiger partial charge is 2.00 e. The van der Waals surface area contributed by atoms with Crippen LogP contribution in [0.3, 0.4) is 0 Å². The van der Waals surface area contributed by atoms with Gasteiger partial charge in [-0.25, -0.2) is 0 Å². The molecule has 0 spiro atoms. The number of hydrogen-bond acceptors (Lipinski definition) is 1. The van der Waals surface area contributed by atoms with Gasteiger partial charge in [0, 0.05) is 5.54 Å². The first-order valence-electron chi connectivity index (χ1n) is 5.70. The average molecular weight is 285 g/mol. The van der Waals surface area contributed by atoms with Crippen LogP contribution in [0.4, 0.5) is 0 Å². The third-order valence-electron chi connectivity index (χ3n) is 1.97. The van der Waals surface area contributed by atoms with Crippen molar-refractivity contribution in [1.82, 2.24) is 5.32 Å². The Morgan fingerprint density at radius 3 is 1.61 bits per heavy atom. The molecule has 0 heterocycles. The molecule has 3 heteroatoms. The summed E-state index contributed by atoms with van der Waals surface area (Å²) in [7, 11) is 0. The summed E-state index contributed by atoms with van der Waals surface area (Å²) in [5.74, 6) is 0.720. The zero-order chi connectivity index (χ0) is 12.7. The van der Waals surface area contributed by atoms with E-state index in [1.54, 1.807) is 12.8 Å². The average Bonchev–Trinajstić information content (AvgIpc) is 2.93. The molecule has 2 rings (SSSR count). The van der Waals surface area contributed by atoms with Crippen molar-refractivity contribution >= 4 is 5.91 Å². The second kappa shape index (κ2) is 8.98. The summed E-state index contributed by atoms with van der Waals surface area (Å²) in [6.45, 7) is 5.90. The maximum atomic E-state index is 11.4. The zero-order valence-electron chi connectivity index (χ0n) is 11.0. The minimum atomic E-state index is -0.158. The van der Waals surface area contributed by atoms with E-state index in [0.29, 0.717) is 0 Å². The van der Waals surface area contributed by atoms with Crippen LogP contribution in [0.25, 0.3) is 0 Å². The molecule has 18 heavy (non-hydrogen) atoms. The van der Waals surface area contributed by atoms with Crippen LogP contribution in [-0.2, 0) is 21.9 Å². The summed E-state index contributed by atoms with van der Waals surface area (Å²) in [5, 5.41) is 2.88. The molecule has 0 bridgehead atoms. The Morgan fingerprint density at radius 2 is 1.28 bits per heavy atom. The van der Waals surface area contributed by atoms with Crippen molar-refractivity contribution in [3.05, 3.63) is 63.7 Å². The van der Waals surface area contributed by atoms with Gasteiger partial charge in [-0.1, -0.05) is 0 Å². The molecule has 0 saturated heterocycles. The molecule has 0 atom stereocenters. The van der Waals surface area contributed by atoms with E-state index in [0.717, 1.165) is 5.92 Å². The molecule has 1 amide bonds. The van der Waals surface area contributed by atoms with Crippen LogP contribution in [0.5, 0.6) is 0 Å². The van der Waals surface area contributed by atoms with Crippen molar-refractivity contribution in [2.75, 3.05) is 0 Å². The first-order valence-corrected chi connectivity index (χ1v) is 5.70. The molecule has 0 aromatic carbocycles. The molecule has 0 aliphatic heterocycles. The Hall–Kier alpha value is -0.0105. The summed E-state index contributed by atoms with van der Waals surface area (Å²) in [4.78, 5) is 11.4. The molecule has 2 nitrogen and oxygen atoms in total. The third kappa shape index (κ3) is 8.15. The molecule has 2 saturated carbocycles. The van der Waals surface area contributed by atoms with Gasteiger partial charge in [0.2, 0.25) is 5.91 Å². The summed E-state index contributed by atoms with van der Waals surface area (Å²) < 4.78 is 0. The minimum absolute atomic E-state index is 0. The Labute approximate surface area is 123 Å². The predicted molar refractivity (Wildman–Crippen MR) is 69.8 cm³/mol. The van der Waals surface area contributed by atoms with Gasteiger partial charge in [0.25, 0.3) is 0 Å². The van der Waals surface area contributed by atoms with E-state index < -0.39 is 0 Å². The minimum Gasteiger partial charge on any atom is -0.351 e. The van der Waals surface area contributed by atoms with Crippen molar-refractivity contribution in [1.29, 1.82) is 0 Å². The molecular weight excluding hydrogens is 266 g/mol. The molecule has 0 unspecified atom stereocenters. The van der Waals surface area contributed by atoms with Gasteiger partial charge < -0.3 is 5.32 Å². The first kappa shape index (κ1) is 18.0. The van der Waals surface area contributed by atoms with Crippen molar-refractivity contribution in [2.24, 2.45) is 0 Å². The van der Waals surface area contributed by atoms with E-state index >= 15 is 0 Å². The summed E-state index contributed by atoms with van der Waals surface area (Å²) >= 11 is 0. The molecule has 10 radical (unpaired) electrons. The van der Waals surface area contributed by atoms with Crippen LogP contribution in [0.15, 0.2) is 0 Å². The van der Waals surface area contributed by atoms with Gasteiger partial charge in [-0.15, -0.1) is 0 Å². The van der Waals surface area contributed by atoms with E-state index in [-0.39, 0.29) is 28.5 Å². The number of nitrogens with one attached hydrogen (secondary N) is 1.